The van der Waals surface area contributed by atoms with Gasteiger partial charge in [-0.25, -0.2) is 0 Å². The summed E-state index contributed by atoms with van der Waals surface area (Å²) in [7, 11) is 0. The van der Waals surface area contributed by atoms with Gasteiger partial charge in [0.1, 0.15) is 0 Å². The first-order valence-corrected chi connectivity index (χ1v) is 4.89. The van der Waals surface area contributed by atoms with Gasteiger partial charge in [0, 0.05) is 15.0 Å². The van der Waals surface area contributed by atoms with E-state index in [1.165, 1.54) is 0 Å². The number of hydrogen-bond donors (Lipinski definition) is 1. The van der Waals surface area contributed by atoms with Crippen LogP contribution < -0.4 is 0 Å². The fraction of sp³-hybridized carbons (Fsp3) is 0. The molecular weight excluding hydrogens is 215 g/mol. The SMILES string of the molecule is Fc1sc2ccc(S)cc2c1Cl. The number of halogens is 2. The fourth-order valence-electron chi connectivity index (χ4n) is 1.03. The Labute approximate surface area is 83.4 Å². The zero-order chi connectivity index (χ0) is 8.72. The molecule has 0 radical (unpaired) electrons. The Bertz CT molecular complexity index is 436. The standard InChI is InChI=1S/C8H4ClFS2/c9-7-5-3-4(11)1-2-6(5)12-8(7)10/h1-3,11H. The molecule has 4 heteroatoms. The number of thiol groups is 1. The third-order valence-corrected chi connectivity index (χ3v) is 3.29. The lowest BCUT2D eigenvalue weighted by atomic mass is 10.3. The first-order valence-electron chi connectivity index (χ1n) is 3.25. The minimum absolute atomic E-state index is 0.200. The summed E-state index contributed by atoms with van der Waals surface area (Å²) in [6.45, 7) is 0. The van der Waals surface area contributed by atoms with Crippen molar-refractivity contribution in [2.75, 3.05) is 0 Å². The molecule has 0 saturated carbocycles. The monoisotopic (exact) mass is 218 g/mol. The minimum atomic E-state index is -0.328. The third kappa shape index (κ3) is 1.22. The van der Waals surface area contributed by atoms with Crippen LogP contribution in [0.2, 0.25) is 5.02 Å². The van der Waals surface area contributed by atoms with E-state index in [0.29, 0.717) is 0 Å². The topological polar surface area (TPSA) is 0 Å². The van der Waals surface area contributed by atoms with Crippen LogP contribution in [0.25, 0.3) is 10.1 Å². The van der Waals surface area contributed by atoms with Crippen LogP contribution in [0.5, 0.6) is 0 Å². The Kier molecular flexibility index (Phi) is 2.02. The molecule has 1 heterocycles. The van der Waals surface area contributed by atoms with E-state index in [1.807, 2.05) is 12.1 Å². The highest BCUT2D eigenvalue weighted by Gasteiger charge is 2.08. The fourth-order valence-corrected chi connectivity index (χ4v) is 2.36. The molecule has 0 aliphatic heterocycles. The van der Waals surface area contributed by atoms with E-state index in [1.54, 1.807) is 6.07 Å². The van der Waals surface area contributed by atoms with Crippen molar-refractivity contribution in [3.63, 3.8) is 0 Å². The first kappa shape index (κ1) is 8.35. The summed E-state index contributed by atoms with van der Waals surface area (Å²) in [4.78, 5) is 0.794. The molecule has 0 bridgehead atoms. The van der Waals surface area contributed by atoms with Crippen molar-refractivity contribution in [2.24, 2.45) is 0 Å². The maximum absolute atomic E-state index is 12.9. The van der Waals surface area contributed by atoms with Crippen molar-refractivity contribution >= 4 is 45.7 Å². The highest BCUT2D eigenvalue weighted by atomic mass is 35.5. The van der Waals surface area contributed by atoms with Crippen LogP contribution in [0.15, 0.2) is 23.1 Å². The Hall–Kier alpha value is -0.250. The van der Waals surface area contributed by atoms with Gasteiger partial charge in [-0.2, -0.15) is 4.39 Å². The minimum Gasteiger partial charge on any atom is -0.193 e. The summed E-state index contributed by atoms with van der Waals surface area (Å²) in [5.41, 5.74) is 0. The molecule has 0 saturated heterocycles. The zero-order valence-electron chi connectivity index (χ0n) is 5.84. The number of thiophene rings is 1. The molecule has 0 N–H and O–H groups in total. The van der Waals surface area contributed by atoms with E-state index in [0.717, 1.165) is 26.3 Å². The Morgan fingerprint density at radius 3 is 2.92 bits per heavy atom. The van der Waals surface area contributed by atoms with E-state index >= 15 is 0 Å². The summed E-state index contributed by atoms with van der Waals surface area (Å²) >= 11 is 10.9. The molecule has 0 nitrogen and oxygen atoms in total. The summed E-state index contributed by atoms with van der Waals surface area (Å²) < 4.78 is 13.8. The predicted molar refractivity (Wildman–Crippen MR) is 54.0 cm³/mol. The zero-order valence-corrected chi connectivity index (χ0v) is 8.31. The number of rotatable bonds is 0. The van der Waals surface area contributed by atoms with E-state index in [4.69, 9.17) is 11.6 Å². The lowest BCUT2D eigenvalue weighted by Crippen LogP contribution is -1.66. The number of fused-ring (bicyclic) bond motifs is 1. The second kappa shape index (κ2) is 2.91. The highest BCUT2D eigenvalue weighted by molar-refractivity contribution is 7.80. The summed E-state index contributed by atoms with van der Waals surface area (Å²) in [6.07, 6.45) is 0. The van der Waals surface area contributed by atoms with E-state index in [-0.39, 0.29) is 10.2 Å². The Morgan fingerprint density at radius 1 is 1.42 bits per heavy atom. The van der Waals surface area contributed by atoms with Crippen molar-refractivity contribution in [1.29, 1.82) is 0 Å². The van der Waals surface area contributed by atoms with Crippen molar-refractivity contribution in [3.05, 3.63) is 28.4 Å². The van der Waals surface area contributed by atoms with Crippen molar-refractivity contribution in [3.8, 4) is 0 Å². The van der Waals surface area contributed by atoms with Crippen LogP contribution in [-0.4, -0.2) is 0 Å². The average Bonchev–Trinajstić information content (AvgIpc) is 2.31. The molecule has 62 valence electrons. The molecule has 12 heavy (non-hydrogen) atoms. The lowest BCUT2D eigenvalue weighted by molar-refractivity contribution is 0.658. The highest BCUT2D eigenvalue weighted by Crippen LogP contribution is 2.34. The van der Waals surface area contributed by atoms with Crippen LogP contribution >= 0.6 is 35.6 Å². The maximum Gasteiger partial charge on any atom is 0.196 e. The molecule has 1 aromatic heterocycles. The van der Waals surface area contributed by atoms with Gasteiger partial charge in [0.25, 0.3) is 0 Å². The van der Waals surface area contributed by atoms with E-state index in [2.05, 4.69) is 12.6 Å². The maximum atomic E-state index is 12.9. The van der Waals surface area contributed by atoms with Crippen LogP contribution in [-0.2, 0) is 0 Å². The number of hydrogen-bond acceptors (Lipinski definition) is 2. The second-order valence-electron chi connectivity index (χ2n) is 2.37. The third-order valence-electron chi connectivity index (χ3n) is 1.57. The summed E-state index contributed by atoms with van der Waals surface area (Å²) in [6, 6.07) is 5.40. The van der Waals surface area contributed by atoms with Crippen molar-refractivity contribution in [1.82, 2.24) is 0 Å². The van der Waals surface area contributed by atoms with Crippen LogP contribution in [0, 0.1) is 5.13 Å². The van der Waals surface area contributed by atoms with Crippen molar-refractivity contribution < 1.29 is 4.39 Å². The van der Waals surface area contributed by atoms with Gasteiger partial charge in [-0.05, 0) is 18.2 Å². The predicted octanol–water partition coefficient (Wildman–Crippen LogP) is 3.98. The molecule has 2 rings (SSSR count). The van der Waals surface area contributed by atoms with Gasteiger partial charge < -0.3 is 0 Å². The molecule has 0 spiro atoms. The number of benzene rings is 1. The lowest BCUT2D eigenvalue weighted by Gasteiger charge is -1.90. The molecule has 0 atom stereocenters. The first-order chi connectivity index (χ1) is 5.68. The van der Waals surface area contributed by atoms with E-state index < -0.39 is 0 Å². The van der Waals surface area contributed by atoms with Gasteiger partial charge >= 0.3 is 0 Å². The van der Waals surface area contributed by atoms with Gasteiger partial charge in [-0.1, -0.05) is 11.6 Å². The Morgan fingerprint density at radius 2 is 2.17 bits per heavy atom. The van der Waals surface area contributed by atoms with Gasteiger partial charge in [-0.3, -0.25) is 0 Å². The molecule has 0 aliphatic carbocycles. The molecular formula is C8H4ClFS2. The van der Waals surface area contributed by atoms with Crippen LogP contribution in [0.4, 0.5) is 4.39 Å². The Balaban J connectivity index is 2.88. The molecule has 1 aromatic carbocycles. The molecule has 2 aromatic rings. The quantitative estimate of drug-likeness (QED) is 0.636. The second-order valence-corrected chi connectivity index (χ2v) is 4.27. The largest absolute Gasteiger partial charge is 0.196 e. The van der Waals surface area contributed by atoms with Gasteiger partial charge in [0.15, 0.2) is 5.13 Å². The van der Waals surface area contributed by atoms with E-state index in [9.17, 15) is 4.39 Å². The van der Waals surface area contributed by atoms with Crippen LogP contribution in [0.3, 0.4) is 0 Å². The molecule has 0 fully saturated rings. The summed E-state index contributed by atoms with van der Waals surface area (Å²) in [5.74, 6) is 0. The van der Waals surface area contributed by atoms with Crippen LogP contribution in [0.1, 0.15) is 0 Å². The molecule has 0 unspecified atom stereocenters. The smallest absolute Gasteiger partial charge is 0.193 e. The van der Waals surface area contributed by atoms with Gasteiger partial charge in [-0.15, -0.1) is 24.0 Å². The summed E-state index contributed by atoms with van der Waals surface area (Å²) in [5, 5.41) is 0.614. The van der Waals surface area contributed by atoms with Gasteiger partial charge in [0.05, 0.1) is 5.02 Å². The van der Waals surface area contributed by atoms with Crippen molar-refractivity contribution in [2.45, 2.75) is 4.90 Å². The molecule has 0 aliphatic rings. The van der Waals surface area contributed by atoms with Gasteiger partial charge in [0.2, 0.25) is 0 Å². The normalized spacial score (nSPS) is 10.9. The molecule has 0 amide bonds. The average molecular weight is 219 g/mol.